The molecule has 0 radical (unpaired) electrons. The molecule has 0 heterocycles. The molecule has 0 unspecified atom stereocenters. The molecule has 0 aliphatic carbocycles. The molecule has 0 bridgehead atoms. The van der Waals surface area contributed by atoms with E-state index < -0.39 is 8.07 Å². The predicted octanol–water partition coefficient (Wildman–Crippen LogP) is 14.6. The smallest absolute Gasteiger partial charge is 0.126 e. The van der Waals surface area contributed by atoms with Gasteiger partial charge in [0.15, 0.2) is 0 Å². The largest absolute Gasteiger partial charge is 0.139 e. The van der Waals surface area contributed by atoms with E-state index in [4.69, 9.17) is 0 Å². The molecule has 0 aliphatic rings. The van der Waals surface area contributed by atoms with Gasteiger partial charge in [0.05, 0.1) is 0 Å². The molecular formula is C50H48Si. The zero-order valence-electron chi connectivity index (χ0n) is 31.0. The third kappa shape index (κ3) is 6.21. The Morgan fingerprint density at radius 3 is 1.12 bits per heavy atom. The summed E-state index contributed by atoms with van der Waals surface area (Å²) in [7, 11) is -1.96. The van der Waals surface area contributed by atoms with Crippen LogP contribution in [0.3, 0.4) is 0 Å². The first kappa shape index (κ1) is 33.3. The topological polar surface area (TPSA) is 0 Å². The van der Waals surface area contributed by atoms with Crippen molar-refractivity contribution in [2.75, 3.05) is 0 Å². The first-order valence-electron chi connectivity index (χ1n) is 18.9. The molecule has 8 rings (SSSR count). The van der Waals surface area contributed by atoms with Crippen LogP contribution in [-0.2, 0) is 0 Å². The van der Waals surface area contributed by atoms with Crippen molar-refractivity contribution in [1.29, 1.82) is 0 Å². The van der Waals surface area contributed by atoms with Crippen LogP contribution in [0.15, 0.2) is 127 Å². The third-order valence-corrected chi connectivity index (χ3v) is 16.2. The Morgan fingerprint density at radius 2 is 0.725 bits per heavy atom. The zero-order chi connectivity index (χ0) is 35.3. The van der Waals surface area contributed by atoms with Crippen LogP contribution in [0, 0.1) is 29.2 Å². The molecule has 51 heavy (non-hydrogen) atoms. The Hall–Kier alpha value is -4.90. The van der Waals surface area contributed by atoms with Crippen LogP contribution in [0.2, 0.25) is 18.1 Å². The number of benzene rings is 8. The number of rotatable bonds is 7. The molecule has 0 aromatic heterocycles. The molecule has 0 nitrogen and oxygen atoms in total. The Kier molecular flexibility index (Phi) is 8.69. The van der Waals surface area contributed by atoms with Gasteiger partial charge in [-0.15, -0.1) is 5.54 Å². The fourth-order valence-corrected chi connectivity index (χ4v) is 15.1. The van der Waals surface area contributed by atoms with Crippen molar-refractivity contribution in [2.24, 2.45) is 17.8 Å². The molecule has 0 spiro atoms. The lowest BCUT2D eigenvalue weighted by Crippen LogP contribution is -2.37. The average Bonchev–Trinajstić information content (AvgIpc) is 3.10. The zero-order valence-corrected chi connectivity index (χ0v) is 32.0. The van der Waals surface area contributed by atoms with Gasteiger partial charge in [-0.25, -0.2) is 0 Å². The maximum Gasteiger partial charge on any atom is 0.139 e. The minimum absolute atomic E-state index is 0.631. The standard InChI is InChI=1S/C50H48Si/c1-33(2)30-51(31-34(3)4,32-35(5)6)24-23-44-45-26-36-15-7-9-17-38(36)28-47(45)50(48-29-39-18-10-8-16-37(39)27-46(44)48)49-42-21-13-11-19-40(42)25-41-20-12-14-22-43(41)49/h7-22,25-29,33-35H,30-32H2,1-6H3. The maximum atomic E-state index is 4.23. The van der Waals surface area contributed by atoms with Gasteiger partial charge in [-0.2, -0.15) is 0 Å². The minimum Gasteiger partial charge on any atom is -0.126 e. The summed E-state index contributed by atoms with van der Waals surface area (Å²) < 4.78 is 0. The Balaban J connectivity index is 1.59. The van der Waals surface area contributed by atoms with Crippen LogP contribution in [0.4, 0.5) is 0 Å². The highest BCUT2D eigenvalue weighted by Crippen LogP contribution is 2.47. The molecule has 1 heteroatoms. The molecule has 8 aromatic rings. The van der Waals surface area contributed by atoms with Gasteiger partial charge >= 0.3 is 0 Å². The number of hydrogen-bond acceptors (Lipinski definition) is 0. The highest BCUT2D eigenvalue weighted by Gasteiger charge is 2.34. The van der Waals surface area contributed by atoms with Crippen molar-refractivity contribution in [3.8, 4) is 22.6 Å². The second kappa shape index (κ2) is 13.3. The third-order valence-electron chi connectivity index (χ3n) is 10.7. The molecule has 8 aromatic carbocycles. The van der Waals surface area contributed by atoms with Crippen molar-refractivity contribution in [3.63, 3.8) is 0 Å². The van der Waals surface area contributed by atoms with Crippen molar-refractivity contribution >= 4 is 72.7 Å². The van der Waals surface area contributed by atoms with Crippen molar-refractivity contribution in [1.82, 2.24) is 0 Å². The average molecular weight is 677 g/mol. The summed E-state index contributed by atoms with van der Waals surface area (Å²) in [6.07, 6.45) is 0. The van der Waals surface area contributed by atoms with Gasteiger partial charge in [0.2, 0.25) is 0 Å². The first-order chi connectivity index (χ1) is 24.7. The molecule has 0 saturated carbocycles. The quantitative estimate of drug-likeness (QED) is 0.0895. The molecule has 0 atom stereocenters. The molecule has 0 amide bonds. The van der Waals surface area contributed by atoms with E-state index in [0.717, 1.165) is 0 Å². The summed E-state index contributed by atoms with van der Waals surface area (Å²) in [5.74, 6) is 5.98. The molecular weight excluding hydrogens is 629 g/mol. The van der Waals surface area contributed by atoms with E-state index in [9.17, 15) is 0 Å². The molecule has 252 valence electrons. The van der Waals surface area contributed by atoms with E-state index in [1.807, 2.05) is 0 Å². The minimum atomic E-state index is -1.96. The van der Waals surface area contributed by atoms with Gasteiger partial charge in [-0.1, -0.05) is 145 Å². The summed E-state index contributed by atoms with van der Waals surface area (Å²) in [6.45, 7) is 14.4. The van der Waals surface area contributed by atoms with E-state index in [2.05, 4.69) is 180 Å². The summed E-state index contributed by atoms with van der Waals surface area (Å²) in [5, 5.41) is 15.2. The van der Waals surface area contributed by atoms with Crippen LogP contribution in [0.5, 0.6) is 0 Å². The van der Waals surface area contributed by atoms with Crippen molar-refractivity contribution in [2.45, 2.75) is 59.7 Å². The molecule has 0 N–H and O–H groups in total. The highest BCUT2D eigenvalue weighted by atomic mass is 28.3. The summed E-state index contributed by atoms with van der Waals surface area (Å²) in [4.78, 5) is 0. The predicted molar refractivity (Wildman–Crippen MR) is 228 cm³/mol. The van der Waals surface area contributed by atoms with Crippen LogP contribution >= 0.6 is 0 Å². The van der Waals surface area contributed by atoms with Crippen LogP contribution in [0.1, 0.15) is 47.1 Å². The lowest BCUT2D eigenvalue weighted by atomic mass is 9.83. The lowest BCUT2D eigenvalue weighted by molar-refractivity contribution is 0.650. The van der Waals surface area contributed by atoms with Crippen LogP contribution in [-0.4, -0.2) is 8.07 Å². The fourth-order valence-electron chi connectivity index (χ4n) is 9.23. The monoisotopic (exact) mass is 676 g/mol. The molecule has 0 fully saturated rings. The van der Waals surface area contributed by atoms with Crippen molar-refractivity contribution < 1.29 is 0 Å². The van der Waals surface area contributed by atoms with E-state index in [1.165, 1.54) is 99.5 Å². The fraction of sp³-hybridized carbons (Fsp3) is 0.240. The second-order valence-electron chi connectivity index (χ2n) is 16.3. The van der Waals surface area contributed by atoms with E-state index in [-0.39, 0.29) is 0 Å². The normalized spacial score (nSPS) is 12.3. The van der Waals surface area contributed by atoms with E-state index in [1.54, 1.807) is 0 Å². The van der Waals surface area contributed by atoms with Gasteiger partial charge in [0, 0.05) is 5.56 Å². The van der Waals surface area contributed by atoms with Crippen LogP contribution in [0.25, 0.3) is 75.8 Å². The van der Waals surface area contributed by atoms with Gasteiger partial charge in [0.1, 0.15) is 8.07 Å². The summed E-state index contributed by atoms with van der Waals surface area (Å²) in [6, 6.07) is 51.5. The Bertz CT molecular complexity index is 2480. The molecule has 0 aliphatic heterocycles. The van der Waals surface area contributed by atoms with E-state index in [0.29, 0.717) is 17.8 Å². The lowest BCUT2D eigenvalue weighted by Gasteiger charge is -2.31. The highest BCUT2D eigenvalue weighted by molar-refractivity contribution is 6.87. The van der Waals surface area contributed by atoms with Gasteiger partial charge in [-0.3, -0.25) is 0 Å². The first-order valence-corrected chi connectivity index (χ1v) is 21.6. The molecule has 0 saturated heterocycles. The van der Waals surface area contributed by atoms with E-state index >= 15 is 0 Å². The van der Waals surface area contributed by atoms with Gasteiger partial charge in [0.25, 0.3) is 0 Å². The van der Waals surface area contributed by atoms with Gasteiger partial charge < -0.3 is 0 Å². The summed E-state index contributed by atoms with van der Waals surface area (Å²) >= 11 is 0. The Morgan fingerprint density at radius 1 is 0.392 bits per heavy atom. The number of hydrogen-bond donors (Lipinski definition) is 0. The number of fused-ring (bicyclic) bond motifs is 6. The van der Waals surface area contributed by atoms with Crippen LogP contribution < -0.4 is 0 Å². The second-order valence-corrected chi connectivity index (χ2v) is 20.3. The SMILES string of the molecule is CC(C)C[Si](C#Cc1c2cc3ccccc3cc2c(-c2c3ccccc3cc3ccccc23)c2cc3ccccc3cc12)(CC(C)C)CC(C)C. The Labute approximate surface area is 304 Å². The van der Waals surface area contributed by atoms with Crippen molar-refractivity contribution in [3.05, 3.63) is 133 Å². The summed E-state index contributed by atoms with van der Waals surface area (Å²) in [5.41, 5.74) is 8.05. The van der Waals surface area contributed by atoms with Gasteiger partial charge in [-0.05, 0) is 142 Å². The maximum absolute atomic E-state index is 4.23.